The number of carbonyl (C=O) groups excluding carboxylic acids is 1. The maximum absolute atomic E-state index is 12.9. The molecule has 2 heterocycles. The molecule has 1 amide bonds. The second-order valence-corrected chi connectivity index (χ2v) is 7.54. The number of nitrogens with zero attached hydrogens (tertiary/aromatic N) is 3. The first-order valence-corrected chi connectivity index (χ1v) is 10.0. The molecule has 0 radical (unpaired) electrons. The monoisotopic (exact) mass is 364 g/mol. The minimum atomic E-state index is -0.107. The molecule has 1 saturated heterocycles. The smallest absolute Gasteiger partial charge is 0.237 e. The van der Waals surface area contributed by atoms with Crippen molar-refractivity contribution in [1.29, 1.82) is 0 Å². The standard InChI is InChI=1S/C22H28N4O/c1-17(25-13-15-26(16-14-25)21-11-4-5-12-23-21)22(27)24-20-10-6-8-18-7-2-3-9-19(18)20/h2-5,7,9,11-12,17,20H,6,8,10,13-16H2,1H3,(H,24,27)/t17-,20+/m0/s1. The summed E-state index contributed by atoms with van der Waals surface area (Å²) in [6, 6.07) is 14.6. The van der Waals surface area contributed by atoms with E-state index in [9.17, 15) is 4.79 Å². The molecule has 1 N–H and O–H groups in total. The summed E-state index contributed by atoms with van der Waals surface area (Å²) in [5.74, 6) is 1.16. The molecule has 1 fully saturated rings. The van der Waals surface area contributed by atoms with E-state index in [1.165, 1.54) is 11.1 Å². The van der Waals surface area contributed by atoms with E-state index < -0.39 is 0 Å². The van der Waals surface area contributed by atoms with Gasteiger partial charge in [-0.2, -0.15) is 0 Å². The molecule has 1 aromatic carbocycles. The minimum absolute atomic E-state index is 0.107. The molecule has 0 unspecified atom stereocenters. The van der Waals surface area contributed by atoms with Crippen molar-refractivity contribution < 1.29 is 4.79 Å². The Hall–Kier alpha value is -2.40. The first-order chi connectivity index (χ1) is 13.2. The summed E-state index contributed by atoms with van der Waals surface area (Å²) >= 11 is 0. The Morgan fingerprint density at radius 3 is 2.67 bits per heavy atom. The van der Waals surface area contributed by atoms with Crippen molar-refractivity contribution in [2.45, 2.75) is 38.3 Å². The maximum Gasteiger partial charge on any atom is 0.237 e. The number of nitrogens with one attached hydrogen (secondary N) is 1. The van der Waals surface area contributed by atoms with Crippen molar-refractivity contribution in [3.63, 3.8) is 0 Å². The predicted octanol–water partition coefficient (Wildman–Crippen LogP) is 2.79. The molecule has 27 heavy (non-hydrogen) atoms. The lowest BCUT2D eigenvalue weighted by atomic mass is 9.87. The van der Waals surface area contributed by atoms with Crippen LogP contribution in [0.3, 0.4) is 0 Å². The van der Waals surface area contributed by atoms with Gasteiger partial charge in [0.2, 0.25) is 5.91 Å². The predicted molar refractivity (Wildman–Crippen MR) is 108 cm³/mol. The summed E-state index contributed by atoms with van der Waals surface area (Å²) in [4.78, 5) is 21.9. The topological polar surface area (TPSA) is 48.5 Å². The van der Waals surface area contributed by atoms with E-state index in [0.29, 0.717) is 0 Å². The quantitative estimate of drug-likeness (QED) is 0.906. The fourth-order valence-electron chi connectivity index (χ4n) is 4.24. The van der Waals surface area contributed by atoms with Gasteiger partial charge in [-0.05, 0) is 49.4 Å². The summed E-state index contributed by atoms with van der Waals surface area (Å²) in [5.41, 5.74) is 2.68. The van der Waals surface area contributed by atoms with Crippen LogP contribution < -0.4 is 10.2 Å². The van der Waals surface area contributed by atoms with E-state index in [-0.39, 0.29) is 18.0 Å². The molecule has 5 heteroatoms. The van der Waals surface area contributed by atoms with E-state index in [1.807, 2.05) is 31.3 Å². The zero-order valence-electron chi connectivity index (χ0n) is 16.0. The highest BCUT2D eigenvalue weighted by molar-refractivity contribution is 5.82. The Labute approximate surface area is 161 Å². The van der Waals surface area contributed by atoms with Gasteiger partial charge in [0, 0.05) is 32.4 Å². The van der Waals surface area contributed by atoms with Crippen molar-refractivity contribution in [3.05, 3.63) is 59.8 Å². The number of aromatic nitrogens is 1. The van der Waals surface area contributed by atoms with E-state index in [4.69, 9.17) is 0 Å². The highest BCUT2D eigenvalue weighted by Gasteiger charge is 2.28. The zero-order valence-corrected chi connectivity index (χ0v) is 16.0. The number of carbonyl (C=O) groups is 1. The summed E-state index contributed by atoms with van der Waals surface area (Å²) in [6.45, 7) is 5.60. The number of aryl methyl sites for hydroxylation is 1. The summed E-state index contributed by atoms with van der Waals surface area (Å²) in [6.07, 6.45) is 5.12. The first-order valence-electron chi connectivity index (χ1n) is 10.0. The Kier molecular flexibility index (Phi) is 5.39. The fraction of sp³-hybridized carbons (Fsp3) is 0.455. The third kappa shape index (κ3) is 3.98. The van der Waals surface area contributed by atoms with E-state index in [1.54, 1.807) is 0 Å². The van der Waals surface area contributed by atoms with Crippen molar-refractivity contribution in [2.75, 3.05) is 31.1 Å². The summed E-state index contributed by atoms with van der Waals surface area (Å²) in [7, 11) is 0. The van der Waals surface area contributed by atoms with Gasteiger partial charge in [-0.15, -0.1) is 0 Å². The SMILES string of the molecule is C[C@@H](C(=O)N[C@@H]1CCCc2ccccc21)N1CCN(c2ccccn2)CC1. The van der Waals surface area contributed by atoms with Crippen LogP contribution in [-0.2, 0) is 11.2 Å². The number of benzene rings is 1. The second-order valence-electron chi connectivity index (χ2n) is 7.54. The van der Waals surface area contributed by atoms with Crippen LogP contribution in [0.4, 0.5) is 5.82 Å². The first kappa shape index (κ1) is 18.0. The normalized spacial score (nSPS) is 21.4. The van der Waals surface area contributed by atoms with E-state index in [2.05, 4.69) is 44.4 Å². The van der Waals surface area contributed by atoms with Crippen molar-refractivity contribution in [2.24, 2.45) is 0 Å². The van der Waals surface area contributed by atoms with Gasteiger partial charge in [-0.25, -0.2) is 4.98 Å². The molecule has 4 rings (SSSR count). The molecule has 0 spiro atoms. The molecule has 0 saturated carbocycles. The Bertz CT molecular complexity index is 771. The lowest BCUT2D eigenvalue weighted by molar-refractivity contribution is -0.126. The number of amides is 1. The second kappa shape index (κ2) is 8.09. The molecule has 0 bridgehead atoms. The molecule has 1 aliphatic carbocycles. The van der Waals surface area contributed by atoms with Crippen LogP contribution in [0.5, 0.6) is 0 Å². The van der Waals surface area contributed by atoms with Crippen molar-refractivity contribution >= 4 is 11.7 Å². The van der Waals surface area contributed by atoms with Crippen LogP contribution in [0.25, 0.3) is 0 Å². The highest BCUT2D eigenvalue weighted by atomic mass is 16.2. The van der Waals surface area contributed by atoms with Crippen LogP contribution in [0.15, 0.2) is 48.7 Å². The summed E-state index contributed by atoms with van der Waals surface area (Å²) < 4.78 is 0. The minimum Gasteiger partial charge on any atom is -0.354 e. The molecule has 5 nitrogen and oxygen atoms in total. The van der Waals surface area contributed by atoms with Crippen LogP contribution in [0.1, 0.15) is 36.9 Å². The third-order valence-electron chi connectivity index (χ3n) is 5.90. The van der Waals surface area contributed by atoms with E-state index >= 15 is 0 Å². The van der Waals surface area contributed by atoms with Crippen LogP contribution in [-0.4, -0.2) is 48.0 Å². The zero-order chi connectivity index (χ0) is 18.6. The molecule has 1 aliphatic heterocycles. The van der Waals surface area contributed by atoms with Crippen molar-refractivity contribution in [3.8, 4) is 0 Å². The van der Waals surface area contributed by atoms with Gasteiger partial charge >= 0.3 is 0 Å². The van der Waals surface area contributed by atoms with Gasteiger partial charge in [0.05, 0.1) is 12.1 Å². The number of piperazine rings is 1. The number of anilines is 1. The Balaban J connectivity index is 1.34. The number of fused-ring (bicyclic) bond motifs is 1. The average molecular weight is 364 g/mol. The van der Waals surface area contributed by atoms with Gasteiger partial charge in [0.25, 0.3) is 0 Å². The van der Waals surface area contributed by atoms with Crippen LogP contribution in [0.2, 0.25) is 0 Å². The average Bonchev–Trinajstić information content (AvgIpc) is 2.74. The molecule has 2 aromatic rings. The van der Waals surface area contributed by atoms with Gasteiger partial charge in [0.15, 0.2) is 0 Å². The maximum atomic E-state index is 12.9. The van der Waals surface area contributed by atoms with Crippen molar-refractivity contribution in [1.82, 2.24) is 15.2 Å². The van der Waals surface area contributed by atoms with Gasteiger partial charge in [-0.1, -0.05) is 30.3 Å². The van der Waals surface area contributed by atoms with Gasteiger partial charge in [0.1, 0.15) is 5.82 Å². The largest absolute Gasteiger partial charge is 0.354 e. The molecular formula is C22H28N4O. The number of hydrogen-bond donors (Lipinski definition) is 1. The number of hydrogen-bond acceptors (Lipinski definition) is 4. The lowest BCUT2D eigenvalue weighted by Crippen LogP contribution is -2.54. The molecule has 142 valence electrons. The molecule has 2 aliphatic rings. The van der Waals surface area contributed by atoms with E-state index in [0.717, 1.165) is 51.3 Å². The highest BCUT2D eigenvalue weighted by Crippen LogP contribution is 2.29. The third-order valence-corrected chi connectivity index (χ3v) is 5.90. The lowest BCUT2D eigenvalue weighted by Gasteiger charge is -2.38. The molecule has 1 aromatic heterocycles. The van der Waals surface area contributed by atoms with Gasteiger partial charge in [-0.3, -0.25) is 9.69 Å². The van der Waals surface area contributed by atoms with Gasteiger partial charge < -0.3 is 10.2 Å². The number of pyridine rings is 1. The summed E-state index contributed by atoms with van der Waals surface area (Å²) in [5, 5.41) is 3.31. The number of rotatable bonds is 4. The fourth-order valence-corrected chi connectivity index (χ4v) is 4.24. The molecule has 2 atom stereocenters. The van der Waals surface area contributed by atoms with Crippen LogP contribution >= 0.6 is 0 Å². The molecular weight excluding hydrogens is 336 g/mol. The van der Waals surface area contributed by atoms with Crippen LogP contribution in [0, 0.1) is 0 Å². The Morgan fingerprint density at radius 2 is 1.89 bits per heavy atom. The Morgan fingerprint density at radius 1 is 1.11 bits per heavy atom.